The molecule has 0 bridgehead atoms. The van der Waals surface area contributed by atoms with Crippen molar-refractivity contribution in [1.82, 2.24) is 4.90 Å². The summed E-state index contributed by atoms with van der Waals surface area (Å²) in [6.45, 7) is 1.77. The second-order valence-corrected chi connectivity index (χ2v) is 3.81. The molecule has 1 aliphatic rings. The third-order valence-corrected chi connectivity index (χ3v) is 2.48. The van der Waals surface area contributed by atoms with Crippen molar-refractivity contribution in [1.29, 1.82) is 0 Å². The van der Waals surface area contributed by atoms with Crippen LogP contribution in [-0.4, -0.2) is 23.0 Å². The van der Waals surface area contributed by atoms with Gasteiger partial charge in [0.1, 0.15) is 0 Å². The lowest BCUT2D eigenvalue weighted by atomic mass is 10.2. The fraction of sp³-hybridized carbons (Fsp3) is 0.231. The highest BCUT2D eigenvalue weighted by atomic mass is 16.6. The Balaban J connectivity index is 2.08. The molecule has 4 heteroatoms. The molecule has 17 heavy (non-hydrogen) atoms. The number of carbonyl (C=O) groups excluding carboxylic acids is 2. The van der Waals surface area contributed by atoms with Crippen LogP contribution in [0.15, 0.2) is 42.5 Å². The van der Waals surface area contributed by atoms with Crippen LogP contribution in [0.3, 0.4) is 0 Å². The molecular weight excluding hydrogens is 218 g/mol. The molecule has 0 spiro atoms. The zero-order valence-electron chi connectivity index (χ0n) is 9.50. The van der Waals surface area contributed by atoms with Crippen LogP contribution < -0.4 is 0 Å². The fourth-order valence-electron chi connectivity index (χ4n) is 1.71. The third kappa shape index (κ3) is 2.72. The van der Waals surface area contributed by atoms with Crippen LogP contribution in [0.25, 0.3) is 0 Å². The summed E-state index contributed by atoms with van der Waals surface area (Å²) in [5.74, 6) is -0.535. The Bertz CT molecular complexity index is 453. The van der Waals surface area contributed by atoms with Crippen molar-refractivity contribution in [3.63, 3.8) is 0 Å². The first-order valence-corrected chi connectivity index (χ1v) is 5.37. The van der Waals surface area contributed by atoms with Crippen molar-refractivity contribution in [2.24, 2.45) is 0 Å². The van der Waals surface area contributed by atoms with Gasteiger partial charge in [0.25, 0.3) is 0 Å². The Morgan fingerprint density at radius 3 is 2.71 bits per heavy atom. The van der Waals surface area contributed by atoms with Gasteiger partial charge in [-0.15, -0.1) is 0 Å². The van der Waals surface area contributed by atoms with Gasteiger partial charge in [0.15, 0.2) is 6.23 Å². The molecule has 0 aromatic heterocycles. The molecule has 0 saturated carbocycles. The molecule has 1 amide bonds. The van der Waals surface area contributed by atoms with E-state index in [2.05, 4.69) is 0 Å². The molecule has 1 aromatic carbocycles. The highest BCUT2D eigenvalue weighted by molar-refractivity contribution is 5.90. The first kappa shape index (κ1) is 11.4. The van der Waals surface area contributed by atoms with Crippen LogP contribution in [0.5, 0.6) is 0 Å². The molecule has 1 aromatic rings. The van der Waals surface area contributed by atoms with E-state index in [0.717, 1.165) is 5.56 Å². The standard InChI is InChI=1S/C13H13NO3/c1-10(15)17-13-8-7-12(16)14(13)9-11-5-3-2-4-6-11/h2-8,13H,9H2,1H3/t13-/m1/s1. The minimum Gasteiger partial charge on any atom is -0.438 e. The quantitative estimate of drug-likeness (QED) is 0.740. The van der Waals surface area contributed by atoms with E-state index < -0.39 is 12.2 Å². The molecule has 0 unspecified atom stereocenters. The average molecular weight is 231 g/mol. The number of carbonyl (C=O) groups is 2. The molecule has 2 rings (SSSR count). The summed E-state index contributed by atoms with van der Waals surface area (Å²) in [5, 5.41) is 0. The van der Waals surface area contributed by atoms with Crippen molar-refractivity contribution in [2.75, 3.05) is 0 Å². The summed E-state index contributed by atoms with van der Waals surface area (Å²) in [6, 6.07) is 9.58. The molecule has 1 heterocycles. The van der Waals surface area contributed by atoms with E-state index in [0.29, 0.717) is 6.54 Å². The highest BCUT2D eigenvalue weighted by Crippen LogP contribution is 2.16. The van der Waals surface area contributed by atoms with E-state index in [9.17, 15) is 9.59 Å². The molecule has 0 N–H and O–H groups in total. The van der Waals surface area contributed by atoms with E-state index >= 15 is 0 Å². The van der Waals surface area contributed by atoms with E-state index in [1.54, 1.807) is 6.08 Å². The molecule has 0 radical (unpaired) electrons. The fourth-order valence-corrected chi connectivity index (χ4v) is 1.71. The summed E-state index contributed by atoms with van der Waals surface area (Å²) in [5.41, 5.74) is 1.00. The first-order valence-electron chi connectivity index (χ1n) is 5.37. The number of hydrogen-bond acceptors (Lipinski definition) is 3. The summed E-state index contributed by atoms with van der Waals surface area (Å²) >= 11 is 0. The summed E-state index contributed by atoms with van der Waals surface area (Å²) < 4.78 is 5.05. The molecule has 1 aliphatic heterocycles. The maximum atomic E-state index is 11.6. The van der Waals surface area contributed by atoms with E-state index in [-0.39, 0.29) is 5.91 Å². The van der Waals surface area contributed by atoms with Crippen molar-refractivity contribution >= 4 is 11.9 Å². The lowest BCUT2D eigenvalue weighted by Crippen LogP contribution is -2.36. The minimum absolute atomic E-state index is 0.139. The predicted molar refractivity (Wildman–Crippen MR) is 61.7 cm³/mol. The van der Waals surface area contributed by atoms with E-state index in [1.807, 2.05) is 30.3 Å². The van der Waals surface area contributed by atoms with Crippen LogP contribution in [0.2, 0.25) is 0 Å². The first-order chi connectivity index (χ1) is 8.16. The number of benzene rings is 1. The number of amides is 1. The van der Waals surface area contributed by atoms with Crippen molar-refractivity contribution < 1.29 is 14.3 Å². The van der Waals surface area contributed by atoms with Crippen molar-refractivity contribution in [2.45, 2.75) is 19.7 Å². The number of ether oxygens (including phenoxy) is 1. The van der Waals surface area contributed by atoms with Gasteiger partial charge in [0, 0.05) is 19.5 Å². The molecule has 4 nitrogen and oxygen atoms in total. The Kier molecular flexibility index (Phi) is 3.23. The van der Waals surface area contributed by atoms with Crippen LogP contribution in [0.1, 0.15) is 12.5 Å². The molecule has 0 aliphatic carbocycles. The second kappa shape index (κ2) is 4.82. The Labute approximate surface area is 99.5 Å². The number of esters is 1. The van der Waals surface area contributed by atoms with Crippen molar-refractivity contribution in [3.05, 3.63) is 48.0 Å². The predicted octanol–water partition coefficient (Wildman–Crippen LogP) is 1.47. The van der Waals surface area contributed by atoms with Crippen LogP contribution >= 0.6 is 0 Å². The molecule has 88 valence electrons. The zero-order chi connectivity index (χ0) is 12.3. The van der Waals surface area contributed by atoms with E-state index in [1.165, 1.54) is 17.9 Å². The van der Waals surface area contributed by atoms with Gasteiger partial charge in [-0.3, -0.25) is 14.5 Å². The highest BCUT2D eigenvalue weighted by Gasteiger charge is 2.27. The minimum atomic E-state index is -0.583. The smallest absolute Gasteiger partial charge is 0.304 e. The van der Waals surface area contributed by atoms with E-state index in [4.69, 9.17) is 4.74 Å². The second-order valence-electron chi connectivity index (χ2n) is 3.81. The normalized spacial score (nSPS) is 18.5. The van der Waals surface area contributed by atoms with Gasteiger partial charge in [-0.2, -0.15) is 0 Å². The summed E-state index contributed by atoms with van der Waals surface area (Å²) in [4.78, 5) is 24.0. The molecular formula is C13H13NO3. The van der Waals surface area contributed by atoms with Crippen LogP contribution in [0.4, 0.5) is 0 Å². The SMILES string of the molecule is CC(=O)O[C@@H]1C=CC(=O)N1Cc1ccccc1. The van der Waals surface area contributed by atoms with Gasteiger partial charge in [0.2, 0.25) is 5.91 Å². The number of rotatable bonds is 3. The third-order valence-electron chi connectivity index (χ3n) is 2.48. The van der Waals surface area contributed by atoms with Gasteiger partial charge >= 0.3 is 5.97 Å². The topological polar surface area (TPSA) is 46.6 Å². The summed E-state index contributed by atoms with van der Waals surface area (Å²) in [6.07, 6.45) is 2.43. The molecule has 1 atom stereocenters. The zero-order valence-corrected chi connectivity index (χ0v) is 9.50. The average Bonchev–Trinajstić information content (AvgIpc) is 2.62. The maximum Gasteiger partial charge on any atom is 0.304 e. The largest absolute Gasteiger partial charge is 0.438 e. The summed E-state index contributed by atoms with van der Waals surface area (Å²) in [7, 11) is 0. The van der Waals surface area contributed by atoms with Gasteiger partial charge in [-0.05, 0) is 11.6 Å². The monoisotopic (exact) mass is 231 g/mol. The number of nitrogens with zero attached hydrogens (tertiary/aromatic N) is 1. The lowest BCUT2D eigenvalue weighted by Gasteiger charge is -2.23. The van der Waals surface area contributed by atoms with Crippen LogP contribution in [-0.2, 0) is 20.9 Å². The maximum absolute atomic E-state index is 11.6. The van der Waals surface area contributed by atoms with Crippen molar-refractivity contribution in [3.8, 4) is 0 Å². The Morgan fingerprint density at radius 2 is 2.06 bits per heavy atom. The van der Waals surface area contributed by atoms with Gasteiger partial charge in [-0.1, -0.05) is 30.3 Å². The number of hydrogen-bond donors (Lipinski definition) is 0. The van der Waals surface area contributed by atoms with Crippen LogP contribution in [0, 0.1) is 0 Å². The Hall–Kier alpha value is -2.10. The molecule has 0 saturated heterocycles. The van der Waals surface area contributed by atoms with Gasteiger partial charge < -0.3 is 4.74 Å². The van der Waals surface area contributed by atoms with Gasteiger partial charge in [0.05, 0.1) is 0 Å². The Morgan fingerprint density at radius 1 is 1.35 bits per heavy atom. The lowest BCUT2D eigenvalue weighted by molar-refractivity contribution is -0.155. The van der Waals surface area contributed by atoms with Gasteiger partial charge in [-0.25, -0.2) is 0 Å². The molecule has 0 fully saturated rings.